The zero-order chi connectivity index (χ0) is 22.2. The minimum atomic E-state index is -3.94. The molecule has 3 heterocycles. The summed E-state index contributed by atoms with van der Waals surface area (Å²) in [5, 5.41) is 12.6. The van der Waals surface area contributed by atoms with E-state index >= 15 is 0 Å². The third kappa shape index (κ3) is 3.94. The van der Waals surface area contributed by atoms with Gasteiger partial charge in [0.25, 0.3) is 10.0 Å². The molecule has 0 bridgehead atoms. The second-order valence-electron chi connectivity index (χ2n) is 6.68. The van der Waals surface area contributed by atoms with Crippen molar-refractivity contribution in [2.45, 2.75) is 17.9 Å². The van der Waals surface area contributed by atoms with Gasteiger partial charge in [-0.2, -0.15) is 0 Å². The molecule has 0 amide bonds. The smallest absolute Gasteiger partial charge is 0.325 e. The lowest BCUT2D eigenvalue weighted by atomic mass is 10.1. The van der Waals surface area contributed by atoms with E-state index in [9.17, 15) is 13.2 Å². The highest BCUT2D eigenvalue weighted by molar-refractivity contribution is 7.90. The third-order valence-corrected chi connectivity index (χ3v) is 6.39. The van der Waals surface area contributed by atoms with Gasteiger partial charge in [0.15, 0.2) is 5.65 Å². The van der Waals surface area contributed by atoms with E-state index in [1.165, 1.54) is 43.8 Å². The Morgan fingerprint density at radius 2 is 1.94 bits per heavy atom. The Morgan fingerprint density at radius 1 is 1.19 bits per heavy atom. The average Bonchev–Trinajstić information content (AvgIpc) is 3.14. The van der Waals surface area contributed by atoms with Gasteiger partial charge in [-0.05, 0) is 25.1 Å². The van der Waals surface area contributed by atoms with Crippen molar-refractivity contribution in [2.24, 2.45) is 0 Å². The first-order chi connectivity index (χ1) is 14.8. The Bertz CT molecular complexity index is 1390. The van der Waals surface area contributed by atoms with E-state index in [1.807, 2.05) is 0 Å². The molecule has 158 valence electrons. The number of nitrogens with zero attached hydrogens (tertiary/aromatic N) is 4. The number of halogens is 1. The van der Waals surface area contributed by atoms with Crippen molar-refractivity contribution in [1.29, 1.82) is 0 Å². The summed E-state index contributed by atoms with van der Waals surface area (Å²) in [5.41, 5.74) is 0.949. The first-order valence-electron chi connectivity index (χ1n) is 9.06. The molecule has 1 atom stereocenters. The van der Waals surface area contributed by atoms with Crippen LogP contribution in [0.1, 0.15) is 6.92 Å². The molecule has 1 aromatic carbocycles. The largest absolute Gasteiger partial charge is 0.480 e. The second-order valence-corrected chi connectivity index (χ2v) is 8.93. The molecule has 9 nitrogen and oxygen atoms in total. The van der Waals surface area contributed by atoms with Crippen molar-refractivity contribution < 1.29 is 18.3 Å². The monoisotopic (exact) mass is 457 g/mol. The van der Waals surface area contributed by atoms with Crippen molar-refractivity contribution in [3.8, 4) is 11.3 Å². The summed E-state index contributed by atoms with van der Waals surface area (Å²) < 4.78 is 27.6. The number of carboxylic acid groups (broad SMARTS) is 1. The lowest BCUT2D eigenvalue weighted by Gasteiger charge is -2.10. The maximum absolute atomic E-state index is 13.2. The molecule has 0 aliphatic carbocycles. The highest BCUT2D eigenvalue weighted by Gasteiger charge is 2.23. The Morgan fingerprint density at radius 3 is 2.65 bits per heavy atom. The SMILES string of the molecule is C[C@H](Nc1cncc(-c2cn(S(=O)(=O)c3ccccc3)c3ncc(Cl)cc23)n1)C(=O)O. The van der Waals surface area contributed by atoms with Crippen molar-refractivity contribution >= 4 is 44.4 Å². The Kier molecular flexibility index (Phi) is 5.34. The number of pyridine rings is 1. The molecule has 0 spiro atoms. The molecule has 0 unspecified atom stereocenters. The van der Waals surface area contributed by atoms with Gasteiger partial charge in [0.05, 0.1) is 28.0 Å². The van der Waals surface area contributed by atoms with Crippen LogP contribution in [0, 0.1) is 0 Å². The molecule has 11 heteroatoms. The molecule has 0 aliphatic rings. The Balaban J connectivity index is 1.89. The number of carboxylic acids is 1. The number of rotatable bonds is 6. The van der Waals surface area contributed by atoms with Crippen molar-refractivity contribution in [1.82, 2.24) is 18.9 Å². The normalized spacial score (nSPS) is 12.6. The topological polar surface area (TPSA) is 127 Å². The van der Waals surface area contributed by atoms with Gasteiger partial charge in [-0.3, -0.25) is 9.78 Å². The standard InChI is InChI=1S/C20H16ClN5O4S/c1-12(20(27)28)24-18-10-22-9-17(25-18)16-11-26(19-15(16)7-13(21)8-23-19)31(29,30)14-5-3-2-4-6-14/h2-12H,1H3,(H,24,25)(H,27,28)/t12-/m0/s1. The minimum absolute atomic E-state index is 0.104. The fraction of sp³-hybridized carbons (Fsp3) is 0.100. The number of benzene rings is 1. The number of aromatic nitrogens is 4. The first-order valence-corrected chi connectivity index (χ1v) is 10.9. The molecule has 0 saturated heterocycles. The van der Waals surface area contributed by atoms with Crippen LogP contribution in [-0.4, -0.2) is 44.5 Å². The van der Waals surface area contributed by atoms with Gasteiger partial charge in [0.1, 0.15) is 11.9 Å². The summed E-state index contributed by atoms with van der Waals surface area (Å²) in [7, 11) is -3.94. The zero-order valence-corrected chi connectivity index (χ0v) is 17.7. The van der Waals surface area contributed by atoms with Crippen molar-refractivity contribution in [3.63, 3.8) is 0 Å². The molecule has 31 heavy (non-hydrogen) atoms. The van der Waals surface area contributed by atoms with Crippen LogP contribution in [-0.2, 0) is 14.8 Å². The highest BCUT2D eigenvalue weighted by Crippen LogP contribution is 2.32. The van der Waals surface area contributed by atoms with Crippen LogP contribution in [0.5, 0.6) is 0 Å². The zero-order valence-electron chi connectivity index (χ0n) is 16.1. The van der Waals surface area contributed by atoms with E-state index in [0.717, 1.165) is 3.97 Å². The lowest BCUT2D eigenvalue weighted by molar-refractivity contribution is -0.137. The average molecular weight is 458 g/mol. The maximum Gasteiger partial charge on any atom is 0.325 e. The number of fused-ring (bicyclic) bond motifs is 1. The lowest BCUT2D eigenvalue weighted by Crippen LogP contribution is -2.25. The summed E-state index contributed by atoms with van der Waals surface area (Å²) in [6.07, 6.45) is 5.60. The van der Waals surface area contributed by atoms with Crippen LogP contribution < -0.4 is 5.32 Å². The number of hydrogen-bond acceptors (Lipinski definition) is 7. The summed E-state index contributed by atoms with van der Waals surface area (Å²) in [6.45, 7) is 1.47. The number of aliphatic carboxylic acids is 1. The van der Waals surface area contributed by atoms with E-state index in [1.54, 1.807) is 24.3 Å². The van der Waals surface area contributed by atoms with E-state index in [2.05, 4.69) is 20.3 Å². The predicted octanol–water partition coefficient (Wildman–Crippen LogP) is 3.27. The number of carbonyl (C=O) groups is 1. The van der Waals surface area contributed by atoms with Crippen LogP contribution in [0.25, 0.3) is 22.3 Å². The number of anilines is 1. The summed E-state index contributed by atoms with van der Waals surface area (Å²) in [6, 6.07) is 8.69. The number of hydrogen-bond donors (Lipinski definition) is 2. The molecule has 0 fully saturated rings. The van der Waals surface area contributed by atoms with E-state index < -0.39 is 22.0 Å². The van der Waals surface area contributed by atoms with E-state index in [0.29, 0.717) is 21.7 Å². The quantitative estimate of drug-likeness (QED) is 0.451. The van der Waals surface area contributed by atoms with Crippen molar-refractivity contribution in [3.05, 3.63) is 66.2 Å². The van der Waals surface area contributed by atoms with Gasteiger partial charge in [-0.15, -0.1) is 0 Å². The summed E-state index contributed by atoms with van der Waals surface area (Å²) in [4.78, 5) is 23.9. The van der Waals surface area contributed by atoms with Crippen LogP contribution in [0.3, 0.4) is 0 Å². The minimum Gasteiger partial charge on any atom is -0.480 e. The van der Waals surface area contributed by atoms with Gasteiger partial charge >= 0.3 is 5.97 Å². The van der Waals surface area contributed by atoms with Gasteiger partial charge in [0, 0.05) is 23.3 Å². The Labute approximate surface area is 182 Å². The molecule has 0 radical (unpaired) electrons. The Hall–Kier alpha value is -3.50. The van der Waals surface area contributed by atoms with Gasteiger partial charge in [-0.25, -0.2) is 22.4 Å². The van der Waals surface area contributed by atoms with Crippen LogP contribution in [0.2, 0.25) is 5.02 Å². The number of nitrogens with one attached hydrogen (secondary N) is 1. The molecule has 2 N–H and O–H groups in total. The molecule has 0 aliphatic heterocycles. The molecular weight excluding hydrogens is 442 g/mol. The van der Waals surface area contributed by atoms with Gasteiger partial charge < -0.3 is 10.4 Å². The van der Waals surface area contributed by atoms with E-state index in [4.69, 9.17) is 16.7 Å². The van der Waals surface area contributed by atoms with Gasteiger partial charge in [-0.1, -0.05) is 29.8 Å². The van der Waals surface area contributed by atoms with Crippen LogP contribution in [0.4, 0.5) is 5.82 Å². The molecular formula is C20H16ClN5O4S. The van der Waals surface area contributed by atoms with E-state index in [-0.39, 0.29) is 16.4 Å². The summed E-state index contributed by atoms with van der Waals surface area (Å²) in [5.74, 6) is -0.817. The van der Waals surface area contributed by atoms with Crippen molar-refractivity contribution in [2.75, 3.05) is 5.32 Å². The fourth-order valence-corrected chi connectivity index (χ4v) is 4.50. The van der Waals surface area contributed by atoms with Gasteiger partial charge in [0.2, 0.25) is 0 Å². The van der Waals surface area contributed by atoms with Crippen LogP contribution in [0.15, 0.2) is 66.1 Å². The predicted molar refractivity (Wildman–Crippen MR) is 116 cm³/mol. The second kappa shape index (κ2) is 7.97. The molecule has 3 aromatic heterocycles. The highest BCUT2D eigenvalue weighted by atomic mass is 35.5. The molecule has 4 aromatic rings. The molecule has 4 rings (SSSR count). The van der Waals surface area contributed by atoms with Crippen LogP contribution >= 0.6 is 11.6 Å². The maximum atomic E-state index is 13.2. The first kappa shape index (κ1) is 20.8. The molecule has 0 saturated carbocycles. The third-order valence-electron chi connectivity index (χ3n) is 4.52. The summed E-state index contributed by atoms with van der Waals surface area (Å²) >= 11 is 6.12. The fourth-order valence-electron chi connectivity index (χ4n) is 3.00.